The molecule has 0 unspecified atom stereocenters. The standard InChI is InChI=1S/C10H17N3O5S2/c1-9-7-10(18-12-9)8-19(14,15)11-3-5-13-4-2-6-20(13,16)17/h7,11H,2-6,8H2,1H3. The quantitative estimate of drug-likeness (QED) is 0.751. The van der Waals surface area contributed by atoms with Crippen molar-refractivity contribution in [1.29, 1.82) is 0 Å². The van der Waals surface area contributed by atoms with E-state index in [-0.39, 0.29) is 30.4 Å². The number of sulfonamides is 2. The Balaban J connectivity index is 1.84. The van der Waals surface area contributed by atoms with Gasteiger partial charge in [-0.25, -0.2) is 25.9 Å². The Kier molecular flexibility index (Phi) is 4.47. The molecule has 0 aliphatic carbocycles. The molecule has 1 aliphatic rings. The number of hydrogen-bond donors (Lipinski definition) is 1. The van der Waals surface area contributed by atoms with Gasteiger partial charge in [-0.3, -0.25) is 0 Å². The predicted molar refractivity (Wildman–Crippen MR) is 71.8 cm³/mol. The predicted octanol–water partition coefficient (Wildman–Crippen LogP) is -0.562. The van der Waals surface area contributed by atoms with Gasteiger partial charge in [0.2, 0.25) is 20.0 Å². The molecular formula is C10H17N3O5S2. The van der Waals surface area contributed by atoms with Crippen molar-refractivity contribution < 1.29 is 21.4 Å². The van der Waals surface area contributed by atoms with Crippen molar-refractivity contribution in [2.45, 2.75) is 19.1 Å². The van der Waals surface area contributed by atoms with E-state index in [0.717, 1.165) is 0 Å². The Bertz CT molecular complexity index is 665. The second-order valence-corrected chi connectivity index (χ2v) is 8.55. The van der Waals surface area contributed by atoms with E-state index in [4.69, 9.17) is 4.52 Å². The van der Waals surface area contributed by atoms with Crippen LogP contribution in [0.3, 0.4) is 0 Å². The maximum atomic E-state index is 11.8. The average molecular weight is 323 g/mol. The van der Waals surface area contributed by atoms with Gasteiger partial charge in [0.05, 0.1) is 11.4 Å². The van der Waals surface area contributed by atoms with Gasteiger partial charge in [0, 0.05) is 25.7 Å². The molecule has 1 aromatic rings. The molecule has 0 saturated carbocycles. The maximum absolute atomic E-state index is 11.8. The van der Waals surface area contributed by atoms with E-state index in [1.165, 1.54) is 4.31 Å². The van der Waals surface area contributed by atoms with E-state index in [0.29, 0.717) is 18.7 Å². The highest BCUT2D eigenvalue weighted by atomic mass is 32.2. The first-order valence-corrected chi connectivity index (χ1v) is 9.42. The van der Waals surface area contributed by atoms with Crippen LogP contribution in [0.2, 0.25) is 0 Å². The van der Waals surface area contributed by atoms with Crippen LogP contribution in [0.15, 0.2) is 10.6 Å². The summed E-state index contributed by atoms with van der Waals surface area (Å²) in [6, 6.07) is 1.55. The Morgan fingerprint density at radius 3 is 2.80 bits per heavy atom. The van der Waals surface area contributed by atoms with Gasteiger partial charge in [0.15, 0.2) is 5.76 Å². The summed E-state index contributed by atoms with van der Waals surface area (Å²) in [4.78, 5) is 0. The molecule has 10 heteroatoms. The molecule has 1 saturated heterocycles. The van der Waals surface area contributed by atoms with Gasteiger partial charge >= 0.3 is 0 Å². The Hall–Kier alpha value is -0.970. The van der Waals surface area contributed by atoms with Crippen LogP contribution >= 0.6 is 0 Å². The molecule has 0 amide bonds. The highest BCUT2D eigenvalue weighted by Gasteiger charge is 2.27. The van der Waals surface area contributed by atoms with Crippen molar-refractivity contribution in [2.24, 2.45) is 0 Å². The zero-order chi connectivity index (χ0) is 14.8. The zero-order valence-electron chi connectivity index (χ0n) is 11.1. The summed E-state index contributed by atoms with van der Waals surface area (Å²) in [6.07, 6.45) is 0.590. The van der Waals surface area contributed by atoms with Crippen molar-refractivity contribution >= 4 is 20.0 Å². The van der Waals surface area contributed by atoms with Crippen LogP contribution in [-0.2, 0) is 25.8 Å². The first kappa shape index (κ1) is 15.4. The Morgan fingerprint density at radius 1 is 1.50 bits per heavy atom. The van der Waals surface area contributed by atoms with Crippen LogP contribution in [0.5, 0.6) is 0 Å². The normalized spacial score (nSPS) is 19.4. The van der Waals surface area contributed by atoms with Gasteiger partial charge in [-0.2, -0.15) is 0 Å². The zero-order valence-corrected chi connectivity index (χ0v) is 12.7. The van der Waals surface area contributed by atoms with Crippen molar-refractivity contribution in [3.05, 3.63) is 17.5 Å². The molecule has 0 aromatic carbocycles. The summed E-state index contributed by atoms with van der Waals surface area (Å²) in [5.41, 5.74) is 0.610. The second kappa shape index (κ2) is 5.80. The summed E-state index contributed by atoms with van der Waals surface area (Å²) < 4.78 is 55.1. The molecule has 2 heterocycles. The SMILES string of the molecule is Cc1cc(CS(=O)(=O)NCCN2CCCS2(=O)=O)on1. The van der Waals surface area contributed by atoms with Gasteiger partial charge in [-0.15, -0.1) is 0 Å². The smallest absolute Gasteiger partial charge is 0.219 e. The third-order valence-corrected chi connectivity index (χ3v) is 6.16. The van der Waals surface area contributed by atoms with Gasteiger partial charge in [-0.05, 0) is 13.3 Å². The Labute approximate surface area is 118 Å². The minimum atomic E-state index is -3.56. The minimum absolute atomic E-state index is 0.0503. The lowest BCUT2D eigenvalue weighted by molar-refractivity contribution is 0.388. The van der Waals surface area contributed by atoms with Crippen LogP contribution in [-0.4, -0.2) is 51.7 Å². The lowest BCUT2D eigenvalue weighted by Gasteiger charge is -2.14. The summed E-state index contributed by atoms with van der Waals surface area (Å²) in [7, 11) is -6.75. The number of rotatable bonds is 6. The molecule has 2 rings (SSSR count). The number of aryl methyl sites for hydroxylation is 1. The topological polar surface area (TPSA) is 110 Å². The van der Waals surface area contributed by atoms with Gasteiger partial charge < -0.3 is 4.52 Å². The van der Waals surface area contributed by atoms with Gasteiger partial charge in [0.1, 0.15) is 5.75 Å². The average Bonchev–Trinajstić information content (AvgIpc) is 2.85. The molecule has 114 valence electrons. The fraction of sp³-hybridized carbons (Fsp3) is 0.700. The fourth-order valence-corrected chi connectivity index (χ4v) is 4.53. The van der Waals surface area contributed by atoms with Gasteiger partial charge in [-0.1, -0.05) is 5.16 Å². The molecule has 0 spiro atoms. The number of nitrogens with one attached hydrogen (secondary N) is 1. The molecule has 1 aliphatic heterocycles. The molecule has 1 aromatic heterocycles. The van der Waals surface area contributed by atoms with E-state index >= 15 is 0 Å². The highest BCUT2D eigenvalue weighted by molar-refractivity contribution is 7.89. The summed E-state index contributed by atoms with van der Waals surface area (Å²) in [6.45, 7) is 2.35. The largest absolute Gasteiger partial charge is 0.360 e. The van der Waals surface area contributed by atoms with Crippen LogP contribution < -0.4 is 4.72 Å². The monoisotopic (exact) mass is 323 g/mol. The lowest BCUT2D eigenvalue weighted by atomic mass is 10.4. The molecule has 0 radical (unpaired) electrons. The molecular weight excluding hydrogens is 306 g/mol. The van der Waals surface area contributed by atoms with Crippen molar-refractivity contribution in [2.75, 3.05) is 25.4 Å². The fourth-order valence-electron chi connectivity index (χ4n) is 1.99. The summed E-state index contributed by atoms with van der Waals surface area (Å²) in [5.74, 6) is 0.0845. The summed E-state index contributed by atoms with van der Waals surface area (Å²) in [5, 5.41) is 3.61. The number of aromatic nitrogens is 1. The third kappa shape index (κ3) is 4.01. The molecule has 0 atom stereocenters. The molecule has 1 fully saturated rings. The van der Waals surface area contributed by atoms with E-state index < -0.39 is 20.0 Å². The Morgan fingerprint density at radius 2 is 2.25 bits per heavy atom. The van der Waals surface area contributed by atoms with E-state index in [1.54, 1.807) is 13.0 Å². The maximum Gasteiger partial charge on any atom is 0.219 e. The molecule has 8 nitrogen and oxygen atoms in total. The highest BCUT2D eigenvalue weighted by Crippen LogP contribution is 2.12. The molecule has 1 N–H and O–H groups in total. The third-order valence-electron chi connectivity index (χ3n) is 2.90. The van der Waals surface area contributed by atoms with Crippen molar-refractivity contribution in [3.63, 3.8) is 0 Å². The van der Waals surface area contributed by atoms with Crippen LogP contribution in [0.25, 0.3) is 0 Å². The number of hydrogen-bond acceptors (Lipinski definition) is 6. The van der Waals surface area contributed by atoms with Crippen molar-refractivity contribution in [3.8, 4) is 0 Å². The summed E-state index contributed by atoms with van der Waals surface area (Å²) >= 11 is 0. The lowest BCUT2D eigenvalue weighted by Crippen LogP contribution is -2.36. The van der Waals surface area contributed by atoms with Crippen LogP contribution in [0.1, 0.15) is 17.9 Å². The van der Waals surface area contributed by atoms with Crippen molar-refractivity contribution in [1.82, 2.24) is 14.2 Å². The second-order valence-electron chi connectivity index (χ2n) is 4.66. The number of nitrogens with zero attached hydrogens (tertiary/aromatic N) is 2. The van der Waals surface area contributed by atoms with E-state index in [9.17, 15) is 16.8 Å². The molecule has 20 heavy (non-hydrogen) atoms. The minimum Gasteiger partial charge on any atom is -0.360 e. The van der Waals surface area contributed by atoms with Crippen LogP contribution in [0.4, 0.5) is 0 Å². The van der Waals surface area contributed by atoms with Crippen LogP contribution in [0, 0.1) is 6.92 Å². The van der Waals surface area contributed by atoms with E-state index in [2.05, 4.69) is 9.88 Å². The van der Waals surface area contributed by atoms with E-state index in [1.807, 2.05) is 0 Å². The molecule has 0 bridgehead atoms. The first-order valence-electron chi connectivity index (χ1n) is 6.16. The first-order chi connectivity index (χ1) is 9.28. The van der Waals surface area contributed by atoms with Gasteiger partial charge in [0.25, 0.3) is 0 Å².